The van der Waals surface area contributed by atoms with Crippen LogP contribution in [-0.2, 0) is 9.53 Å². The molecule has 0 aliphatic carbocycles. The van der Waals surface area contributed by atoms with Gasteiger partial charge in [0.2, 0.25) is 0 Å². The lowest BCUT2D eigenvalue weighted by Crippen LogP contribution is -2.47. The highest BCUT2D eigenvalue weighted by Crippen LogP contribution is 2.35. The van der Waals surface area contributed by atoms with Gasteiger partial charge in [0.25, 0.3) is 5.91 Å². The summed E-state index contributed by atoms with van der Waals surface area (Å²) in [6, 6.07) is 6.98. The standard InChI is InChI=1S/C17H23NO3S/c1-5-21-17(20)14-10-22-16(11(2)3)18(14)15(19)13-8-6-12(4)7-9-13/h6-9,11,14,16H,5,10H2,1-4H3. The molecular weight excluding hydrogens is 298 g/mol. The Morgan fingerprint density at radius 1 is 1.32 bits per heavy atom. The molecule has 1 heterocycles. The maximum absolute atomic E-state index is 12.9. The van der Waals surface area contributed by atoms with E-state index in [4.69, 9.17) is 4.74 Å². The number of esters is 1. The Morgan fingerprint density at radius 2 is 1.95 bits per heavy atom. The number of hydrogen-bond donors (Lipinski definition) is 0. The van der Waals surface area contributed by atoms with Gasteiger partial charge in [0.15, 0.2) is 0 Å². The third-order valence-electron chi connectivity index (χ3n) is 3.70. The number of carbonyl (C=O) groups is 2. The number of nitrogens with zero attached hydrogens (tertiary/aromatic N) is 1. The van der Waals surface area contributed by atoms with Crippen molar-refractivity contribution >= 4 is 23.6 Å². The lowest BCUT2D eigenvalue weighted by atomic mass is 10.1. The van der Waals surface area contributed by atoms with Gasteiger partial charge in [-0.1, -0.05) is 31.5 Å². The Hall–Kier alpha value is -1.49. The van der Waals surface area contributed by atoms with Gasteiger partial charge >= 0.3 is 5.97 Å². The summed E-state index contributed by atoms with van der Waals surface area (Å²) in [5, 5.41) is 0.00297. The van der Waals surface area contributed by atoms with Crippen LogP contribution in [0.1, 0.15) is 36.7 Å². The highest BCUT2D eigenvalue weighted by Gasteiger charge is 2.43. The molecule has 1 aromatic rings. The topological polar surface area (TPSA) is 46.6 Å². The molecule has 1 aliphatic rings. The van der Waals surface area contributed by atoms with E-state index in [1.54, 1.807) is 23.6 Å². The van der Waals surface area contributed by atoms with Gasteiger partial charge in [-0.15, -0.1) is 11.8 Å². The second kappa shape index (κ2) is 7.18. The van der Waals surface area contributed by atoms with Crippen molar-refractivity contribution in [1.29, 1.82) is 0 Å². The predicted molar refractivity (Wildman–Crippen MR) is 88.9 cm³/mol. The first-order valence-electron chi connectivity index (χ1n) is 7.63. The zero-order valence-corrected chi connectivity index (χ0v) is 14.4. The first-order valence-corrected chi connectivity index (χ1v) is 8.68. The lowest BCUT2D eigenvalue weighted by Gasteiger charge is -2.30. The molecule has 0 radical (unpaired) electrons. The minimum absolute atomic E-state index is 0.00297. The van der Waals surface area contributed by atoms with E-state index >= 15 is 0 Å². The van der Waals surface area contributed by atoms with Gasteiger partial charge in [-0.05, 0) is 31.9 Å². The Morgan fingerprint density at radius 3 is 2.50 bits per heavy atom. The fourth-order valence-electron chi connectivity index (χ4n) is 2.56. The van der Waals surface area contributed by atoms with Crippen molar-refractivity contribution in [3.8, 4) is 0 Å². The summed E-state index contributed by atoms with van der Waals surface area (Å²) in [5.74, 6) is 0.471. The number of rotatable bonds is 4. The van der Waals surface area contributed by atoms with E-state index in [1.807, 2.05) is 31.2 Å². The highest BCUT2D eigenvalue weighted by atomic mass is 32.2. The van der Waals surface area contributed by atoms with Crippen molar-refractivity contribution in [2.24, 2.45) is 5.92 Å². The summed E-state index contributed by atoms with van der Waals surface area (Å²) in [5.41, 5.74) is 1.72. The summed E-state index contributed by atoms with van der Waals surface area (Å²) in [6.45, 7) is 8.24. The molecule has 2 atom stereocenters. The monoisotopic (exact) mass is 321 g/mol. The largest absolute Gasteiger partial charge is 0.464 e. The Labute approximate surface area is 136 Å². The van der Waals surface area contributed by atoms with Gasteiger partial charge in [-0.25, -0.2) is 4.79 Å². The number of thioether (sulfide) groups is 1. The molecule has 5 heteroatoms. The number of aryl methyl sites for hydroxylation is 1. The van der Waals surface area contributed by atoms with E-state index in [2.05, 4.69) is 13.8 Å². The summed E-state index contributed by atoms with van der Waals surface area (Å²) >= 11 is 1.65. The molecular formula is C17H23NO3S. The zero-order chi connectivity index (χ0) is 16.3. The second-order valence-corrected chi connectivity index (χ2v) is 6.96. The Balaban J connectivity index is 2.29. The molecule has 120 valence electrons. The van der Waals surface area contributed by atoms with Crippen LogP contribution in [0.5, 0.6) is 0 Å². The predicted octanol–water partition coefficient (Wildman–Crippen LogP) is 3.10. The van der Waals surface area contributed by atoms with Crippen LogP contribution >= 0.6 is 11.8 Å². The van der Waals surface area contributed by atoms with Crippen molar-refractivity contribution < 1.29 is 14.3 Å². The number of ether oxygens (including phenoxy) is 1. The normalized spacial score (nSPS) is 21.2. The maximum atomic E-state index is 12.9. The van der Waals surface area contributed by atoms with Crippen LogP contribution in [0.15, 0.2) is 24.3 Å². The summed E-state index contributed by atoms with van der Waals surface area (Å²) in [6.07, 6.45) is 0. The van der Waals surface area contributed by atoms with Gasteiger partial charge in [-0.2, -0.15) is 0 Å². The SMILES string of the molecule is CCOC(=O)C1CSC(C(C)C)N1C(=O)c1ccc(C)cc1. The fourth-order valence-corrected chi connectivity index (χ4v) is 4.03. The smallest absolute Gasteiger partial charge is 0.329 e. The van der Waals surface area contributed by atoms with Crippen LogP contribution in [0.3, 0.4) is 0 Å². The molecule has 2 unspecified atom stereocenters. The zero-order valence-electron chi connectivity index (χ0n) is 13.5. The van der Waals surface area contributed by atoms with E-state index in [0.29, 0.717) is 17.9 Å². The molecule has 1 aromatic carbocycles. The van der Waals surface area contributed by atoms with Crippen LogP contribution in [0.4, 0.5) is 0 Å². The molecule has 0 bridgehead atoms. The van der Waals surface area contributed by atoms with E-state index < -0.39 is 6.04 Å². The van der Waals surface area contributed by atoms with Gasteiger partial charge in [0.1, 0.15) is 6.04 Å². The molecule has 1 fully saturated rings. The van der Waals surface area contributed by atoms with Gasteiger partial charge < -0.3 is 9.64 Å². The van der Waals surface area contributed by atoms with Crippen LogP contribution in [0, 0.1) is 12.8 Å². The van der Waals surface area contributed by atoms with Crippen LogP contribution < -0.4 is 0 Å². The third-order valence-corrected chi connectivity index (χ3v) is 5.32. The van der Waals surface area contributed by atoms with Crippen molar-refractivity contribution in [1.82, 2.24) is 4.90 Å². The number of amides is 1. The van der Waals surface area contributed by atoms with Crippen LogP contribution in [0.2, 0.25) is 0 Å². The molecule has 0 aromatic heterocycles. The molecule has 1 aliphatic heterocycles. The van der Waals surface area contributed by atoms with Crippen molar-refractivity contribution in [3.05, 3.63) is 35.4 Å². The minimum Gasteiger partial charge on any atom is -0.464 e. The average molecular weight is 321 g/mol. The van der Waals surface area contributed by atoms with Gasteiger partial charge in [-0.3, -0.25) is 4.79 Å². The quantitative estimate of drug-likeness (QED) is 0.800. The van der Waals surface area contributed by atoms with E-state index in [1.165, 1.54) is 0 Å². The van der Waals surface area contributed by atoms with Crippen LogP contribution in [0.25, 0.3) is 0 Å². The van der Waals surface area contributed by atoms with E-state index in [-0.39, 0.29) is 23.2 Å². The van der Waals surface area contributed by atoms with Crippen LogP contribution in [-0.4, -0.2) is 40.6 Å². The first kappa shape index (κ1) is 16.9. The molecule has 4 nitrogen and oxygen atoms in total. The molecule has 0 saturated carbocycles. The molecule has 22 heavy (non-hydrogen) atoms. The number of hydrogen-bond acceptors (Lipinski definition) is 4. The third kappa shape index (κ3) is 3.46. The molecule has 0 N–H and O–H groups in total. The number of benzene rings is 1. The Bertz CT molecular complexity index is 541. The molecule has 1 saturated heterocycles. The summed E-state index contributed by atoms with van der Waals surface area (Å²) in [7, 11) is 0. The summed E-state index contributed by atoms with van der Waals surface area (Å²) < 4.78 is 5.14. The van der Waals surface area contributed by atoms with Crippen molar-refractivity contribution in [2.45, 2.75) is 39.1 Å². The molecule has 1 amide bonds. The average Bonchev–Trinajstić information content (AvgIpc) is 2.92. The minimum atomic E-state index is -0.494. The highest BCUT2D eigenvalue weighted by molar-refractivity contribution is 8.00. The molecule has 0 spiro atoms. The molecule has 2 rings (SSSR count). The van der Waals surface area contributed by atoms with E-state index in [0.717, 1.165) is 5.56 Å². The maximum Gasteiger partial charge on any atom is 0.329 e. The van der Waals surface area contributed by atoms with E-state index in [9.17, 15) is 9.59 Å². The van der Waals surface area contributed by atoms with Gasteiger partial charge in [0, 0.05) is 11.3 Å². The Kier molecular flexibility index (Phi) is 5.51. The first-order chi connectivity index (χ1) is 10.5. The summed E-state index contributed by atoms with van der Waals surface area (Å²) in [4.78, 5) is 26.8. The second-order valence-electron chi connectivity index (χ2n) is 5.81. The lowest BCUT2D eigenvalue weighted by molar-refractivity contribution is -0.147. The fraction of sp³-hybridized carbons (Fsp3) is 0.529. The van der Waals surface area contributed by atoms with Gasteiger partial charge in [0.05, 0.1) is 12.0 Å². The van der Waals surface area contributed by atoms with Crippen molar-refractivity contribution in [3.63, 3.8) is 0 Å². The number of carbonyl (C=O) groups excluding carboxylic acids is 2. The van der Waals surface area contributed by atoms with Crippen molar-refractivity contribution in [2.75, 3.05) is 12.4 Å².